The van der Waals surface area contributed by atoms with Crippen molar-refractivity contribution in [1.82, 2.24) is 28.2 Å². The number of carbonyl (C=O) groups is 7. The van der Waals surface area contributed by atoms with Gasteiger partial charge in [-0.1, -0.05) is 30.0 Å². The van der Waals surface area contributed by atoms with Gasteiger partial charge in [0.15, 0.2) is 22.4 Å². The first-order chi connectivity index (χ1) is 34.5. The number of imidazole rings is 1. The number of aryl methyl sites for hydroxylation is 4. The molecule has 0 fully saturated rings. The minimum absolute atomic E-state index is 0.0241. The summed E-state index contributed by atoms with van der Waals surface area (Å²) in [5, 5.41) is 11.1. The third-order valence-corrected chi connectivity index (χ3v) is 12.9. The number of carbonyl (C=O) groups excluding carboxylic acids is 7. The number of anilines is 5. The molecule has 2 aromatic carbocycles. The zero-order chi connectivity index (χ0) is 51.4. The van der Waals surface area contributed by atoms with Crippen LogP contribution in [0.5, 0.6) is 11.5 Å². The van der Waals surface area contributed by atoms with Crippen molar-refractivity contribution in [2.75, 3.05) is 59.2 Å². The Morgan fingerprint density at radius 3 is 2.10 bits per heavy atom. The molecule has 21 nitrogen and oxygen atoms in total. The average molecular weight is 999 g/mol. The normalized spacial score (nSPS) is 13.4. The zero-order valence-electron chi connectivity index (χ0n) is 40.8. The summed E-state index contributed by atoms with van der Waals surface area (Å²) >= 11 is 1.21. The van der Waals surface area contributed by atoms with Gasteiger partial charge in [-0.15, -0.1) is 0 Å². The molecule has 1 atom stereocenters. The van der Waals surface area contributed by atoms with Crippen LogP contribution in [0, 0.1) is 0 Å². The molecule has 0 spiro atoms. The lowest BCUT2D eigenvalue weighted by Crippen LogP contribution is -2.37. The number of benzene rings is 2. The number of thioether (sulfide) groups is 1. The maximum atomic E-state index is 13.7. The van der Waals surface area contributed by atoms with Gasteiger partial charge >= 0.3 is 0 Å². The van der Waals surface area contributed by atoms with Crippen molar-refractivity contribution >= 4 is 92.8 Å². The number of hydrogen-bond donors (Lipinski definition) is 4. The first-order valence-electron chi connectivity index (χ1n) is 22.9. The fourth-order valence-corrected chi connectivity index (χ4v) is 9.07. The maximum Gasteiger partial charge on any atom is 0.291 e. The predicted octanol–water partition coefficient (Wildman–Crippen LogP) is 6.03. The van der Waals surface area contributed by atoms with Crippen molar-refractivity contribution in [3.8, 4) is 11.5 Å². The molecule has 0 bridgehead atoms. The van der Waals surface area contributed by atoms with Crippen molar-refractivity contribution in [3.05, 3.63) is 113 Å². The molecule has 6 aromatic rings. The molecule has 1 unspecified atom stereocenters. The Morgan fingerprint density at radius 1 is 0.764 bits per heavy atom. The third kappa shape index (κ3) is 11.0. The van der Waals surface area contributed by atoms with E-state index in [0.29, 0.717) is 77.1 Å². The quantitative estimate of drug-likeness (QED) is 0.0726. The Labute approximate surface area is 418 Å². The zero-order valence-corrected chi connectivity index (χ0v) is 41.6. The highest BCUT2D eigenvalue weighted by molar-refractivity contribution is 8.13. The van der Waals surface area contributed by atoms with Crippen LogP contribution in [0.1, 0.15) is 84.2 Å². The van der Waals surface area contributed by atoms with Crippen LogP contribution in [-0.4, -0.2) is 114 Å². The van der Waals surface area contributed by atoms with Gasteiger partial charge in [-0.3, -0.25) is 43.5 Å². The number of rotatable bonds is 18. The summed E-state index contributed by atoms with van der Waals surface area (Å²) in [5.41, 5.74) is 4.74. The van der Waals surface area contributed by atoms with Gasteiger partial charge in [0.25, 0.3) is 29.5 Å². The topological polar surface area (TPSA) is 238 Å². The van der Waals surface area contributed by atoms with E-state index in [4.69, 9.17) is 9.47 Å². The lowest BCUT2D eigenvalue weighted by molar-refractivity contribution is -0.116. The lowest BCUT2D eigenvalue weighted by atomic mass is 10.1. The van der Waals surface area contributed by atoms with E-state index in [-0.39, 0.29) is 64.9 Å². The summed E-state index contributed by atoms with van der Waals surface area (Å²) in [4.78, 5) is 103. The molecule has 6 amide bonds. The highest BCUT2D eigenvalue weighted by Crippen LogP contribution is 2.41. The molecular weight excluding hydrogens is 945 g/mol. The highest BCUT2D eigenvalue weighted by atomic mass is 32.2. The molecule has 0 aliphatic carbocycles. The van der Waals surface area contributed by atoms with Crippen LogP contribution in [-0.2, 0) is 44.2 Å². The first-order valence-corrected chi connectivity index (χ1v) is 23.9. The van der Waals surface area contributed by atoms with Gasteiger partial charge in [0.1, 0.15) is 17.1 Å². The van der Waals surface area contributed by atoms with Crippen molar-refractivity contribution < 1.29 is 43.0 Å². The van der Waals surface area contributed by atoms with E-state index in [1.165, 1.54) is 48.7 Å². The number of nitrogens with zero attached hydrogens (tertiary/aromatic N) is 8. The van der Waals surface area contributed by atoms with E-state index in [9.17, 15) is 33.6 Å². The number of fused-ring (bicyclic) bond motifs is 4. The predicted molar refractivity (Wildman–Crippen MR) is 273 cm³/mol. The lowest BCUT2D eigenvalue weighted by Gasteiger charge is -2.22. The molecular formula is C50H54N12O9S. The largest absolute Gasteiger partial charge is 0.493 e. The van der Waals surface area contributed by atoms with Gasteiger partial charge in [-0.25, -0.2) is 4.98 Å². The molecule has 2 aliphatic rings. The second-order valence-electron chi connectivity index (χ2n) is 17.4. The van der Waals surface area contributed by atoms with E-state index >= 15 is 0 Å². The molecule has 72 heavy (non-hydrogen) atoms. The van der Waals surface area contributed by atoms with Gasteiger partial charge in [0.05, 0.1) is 48.1 Å². The van der Waals surface area contributed by atoms with Gasteiger partial charge in [0, 0.05) is 110 Å². The van der Waals surface area contributed by atoms with Crippen LogP contribution in [0.3, 0.4) is 0 Å². The van der Waals surface area contributed by atoms with Gasteiger partial charge in [0.2, 0.25) is 11.7 Å². The minimum atomic E-state index is -0.602. The summed E-state index contributed by atoms with van der Waals surface area (Å²) in [5.74, 6) is -0.876. The van der Waals surface area contributed by atoms with E-state index in [0.717, 1.165) is 11.3 Å². The summed E-state index contributed by atoms with van der Waals surface area (Å²) in [6.07, 6.45) is 9.83. The van der Waals surface area contributed by atoms with E-state index in [1.54, 1.807) is 102 Å². The fourth-order valence-electron chi connectivity index (χ4n) is 8.50. The second-order valence-corrected chi connectivity index (χ2v) is 18.7. The Morgan fingerprint density at radius 2 is 1.40 bits per heavy atom. The van der Waals surface area contributed by atoms with Crippen molar-refractivity contribution in [1.29, 1.82) is 0 Å². The second kappa shape index (κ2) is 21.3. The van der Waals surface area contributed by atoms with E-state index < -0.39 is 17.7 Å². The van der Waals surface area contributed by atoms with Crippen LogP contribution >= 0.6 is 11.8 Å². The minimum Gasteiger partial charge on any atom is -0.493 e. The Hall–Kier alpha value is -8.40. The van der Waals surface area contributed by atoms with Gasteiger partial charge < -0.3 is 53.9 Å². The summed E-state index contributed by atoms with van der Waals surface area (Å²) in [6, 6.07) is 15.5. The number of amides is 6. The number of aliphatic imine (C=N–C) groups is 1. The molecule has 0 radical (unpaired) electrons. The maximum absolute atomic E-state index is 13.7. The molecule has 4 aromatic heterocycles. The SMILES string of the molecule is COc1cc2c(cc1OCCCC(=O)Nc1cc(C(=O)Nc3cn(C)c(C(=O)Nc4cc(C(=O)Nc5cc(C(=O)N(C)CCCSC(C)=O)n(C)c5)n(C)c4)n3)n(C)c1)N=CC1Cc3ccccc3N1C2=O. The number of aromatic nitrogens is 5. The number of ether oxygens (including phenoxy) is 2. The van der Waals surface area contributed by atoms with Crippen molar-refractivity contribution in [2.24, 2.45) is 33.2 Å². The Bertz CT molecular complexity index is 3160. The Kier molecular flexibility index (Phi) is 14.8. The first kappa shape index (κ1) is 50.0. The number of para-hydroxylation sites is 1. The molecule has 0 saturated carbocycles. The molecule has 374 valence electrons. The van der Waals surface area contributed by atoms with Crippen molar-refractivity contribution in [2.45, 2.75) is 38.6 Å². The molecule has 22 heteroatoms. The van der Waals surface area contributed by atoms with Crippen LogP contribution in [0.15, 0.2) is 84.4 Å². The monoisotopic (exact) mass is 998 g/mol. The molecule has 2 aliphatic heterocycles. The molecule has 4 N–H and O–H groups in total. The van der Waals surface area contributed by atoms with Crippen LogP contribution in [0.25, 0.3) is 0 Å². The van der Waals surface area contributed by atoms with Crippen LogP contribution < -0.4 is 35.6 Å². The molecule has 8 rings (SSSR count). The van der Waals surface area contributed by atoms with E-state index in [2.05, 4.69) is 31.2 Å². The number of nitrogens with one attached hydrogen (secondary N) is 4. The van der Waals surface area contributed by atoms with Gasteiger partial charge in [-0.05, 0) is 48.7 Å². The van der Waals surface area contributed by atoms with E-state index in [1.807, 2.05) is 24.3 Å². The third-order valence-electron chi connectivity index (χ3n) is 12.0. The summed E-state index contributed by atoms with van der Waals surface area (Å²) in [6.45, 7) is 2.14. The smallest absolute Gasteiger partial charge is 0.291 e. The number of methoxy groups -OCH3 is 1. The summed E-state index contributed by atoms with van der Waals surface area (Å²) in [7, 11) is 9.77. The van der Waals surface area contributed by atoms with Crippen LogP contribution in [0.4, 0.5) is 34.3 Å². The molecule has 6 heterocycles. The standard InChI is InChI=1S/C50H54N12O9S/c1-29(63)72-17-11-15-57(2)50(69)40-21-33(27-60(40)5)53-46(65)38-20-32(26-59(38)4)54-48(67)45-55-43(28-61(45)6)56-47(66)39-19-31(25-58(39)3)52-44(64)14-10-16-71-42-23-36-35(22-41(42)70-7)49(68)62-34(24-51-36)18-30-12-8-9-13-37(30)62/h8-9,12-13,19-28,34H,10-11,14-18H2,1-7H3,(H,52,64)(H,53,65)(H,54,67)(H,56,66). The van der Waals surface area contributed by atoms with Crippen molar-refractivity contribution in [3.63, 3.8) is 0 Å². The Balaban J connectivity index is 0.805. The summed E-state index contributed by atoms with van der Waals surface area (Å²) < 4.78 is 17.8. The van der Waals surface area contributed by atoms with Gasteiger partial charge in [-0.2, -0.15) is 0 Å². The highest BCUT2D eigenvalue weighted by Gasteiger charge is 2.36. The van der Waals surface area contributed by atoms with Crippen LogP contribution in [0.2, 0.25) is 0 Å². The number of hydrogen-bond acceptors (Lipinski definition) is 12. The molecule has 0 saturated heterocycles. The average Bonchev–Trinajstić information content (AvgIpc) is 4.16. The fraction of sp³-hybridized carbons (Fsp3) is 0.300.